The normalized spacial score (nSPS) is 15.8. The van der Waals surface area contributed by atoms with Crippen LogP contribution in [0.3, 0.4) is 0 Å². The third kappa shape index (κ3) is 7.77. The van der Waals surface area contributed by atoms with Gasteiger partial charge in [-0.2, -0.15) is 0 Å². The first-order chi connectivity index (χ1) is 7.89. The summed E-state index contributed by atoms with van der Waals surface area (Å²) in [5, 5.41) is 3.39. The van der Waals surface area contributed by atoms with Gasteiger partial charge >= 0.3 is 0 Å². The number of rotatable bonds is 10. The quantitative estimate of drug-likeness (QED) is 0.659. The summed E-state index contributed by atoms with van der Waals surface area (Å²) in [6, 6.07) is 0. The Morgan fingerprint density at radius 3 is 2.24 bits per heavy atom. The maximum absolute atomic E-state index is 11.4. The molecule has 0 spiro atoms. The van der Waals surface area contributed by atoms with E-state index in [1.165, 1.54) is 0 Å². The molecule has 1 unspecified atom stereocenters. The van der Waals surface area contributed by atoms with Crippen LogP contribution >= 0.6 is 0 Å². The van der Waals surface area contributed by atoms with Gasteiger partial charge in [0, 0.05) is 12.3 Å². The maximum atomic E-state index is 11.4. The third-order valence-corrected chi connectivity index (χ3v) is 5.12. The summed E-state index contributed by atoms with van der Waals surface area (Å²) in [5.41, 5.74) is 0.244. The highest BCUT2D eigenvalue weighted by molar-refractivity contribution is 7.91. The van der Waals surface area contributed by atoms with Gasteiger partial charge in [-0.1, -0.05) is 34.1 Å². The van der Waals surface area contributed by atoms with Crippen molar-refractivity contribution < 1.29 is 8.42 Å². The molecule has 17 heavy (non-hydrogen) atoms. The molecule has 104 valence electrons. The predicted octanol–water partition coefficient (Wildman–Crippen LogP) is 2.62. The van der Waals surface area contributed by atoms with Crippen molar-refractivity contribution in [2.75, 3.05) is 24.6 Å². The lowest BCUT2D eigenvalue weighted by atomic mass is 9.81. The SMILES string of the molecule is CCCC(C)(CCCS(=O)(=O)CC)CNCC. The largest absolute Gasteiger partial charge is 0.316 e. The molecule has 0 fully saturated rings. The third-order valence-electron chi connectivity index (χ3n) is 3.33. The van der Waals surface area contributed by atoms with Crippen LogP contribution in [-0.2, 0) is 9.84 Å². The Morgan fingerprint density at radius 1 is 1.12 bits per heavy atom. The van der Waals surface area contributed by atoms with E-state index >= 15 is 0 Å². The van der Waals surface area contributed by atoms with Gasteiger partial charge in [0.2, 0.25) is 0 Å². The lowest BCUT2D eigenvalue weighted by Crippen LogP contribution is -2.32. The van der Waals surface area contributed by atoms with Crippen LogP contribution in [0.2, 0.25) is 0 Å². The predicted molar refractivity (Wildman–Crippen MR) is 75.1 cm³/mol. The van der Waals surface area contributed by atoms with Crippen molar-refractivity contribution in [3.8, 4) is 0 Å². The average molecular weight is 263 g/mol. The zero-order valence-corrected chi connectivity index (χ0v) is 12.7. The monoisotopic (exact) mass is 263 g/mol. The van der Waals surface area contributed by atoms with E-state index < -0.39 is 9.84 Å². The van der Waals surface area contributed by atoms with Gasteiger partial charge in [0.25, 0.3) is 0 Å². The van der Waals surface area contributed by atoms with Crippen molar-refractivity contribution in [1.82, 2.24) is 5.32 Å². The molecule has 0 saturated heterocycles. The molecule has 0 radical (unpaired) electrons. The van der Waals surface area contributed by atoms with Gasteiger partial charge in [-0.15, -0.1) is 0 Å². The molecule has 0 saturated carbocycles. The van der Waals surface area contributed by atoms with E-state index in [4.69, 9.17) is 0 Å². The second-order valence-electron chi connectivity index (χ2n) is 5.18. The van der Waals surface area contributed by atoms with E-state index in [9.17, 15) is 8.42 Å². The highest BCUT2D eigenvalue weighted by Crippen LogP contribution is 2.28. The minimum Gasteiger partial charge on any atom is -0.316 e. The molecular weight excluding hydrogens is 234 g/mol. The Balaban J connectivity index is 4.16. The Morgan fingerprint density at radius 2 is 1.76 bits per heavy atom. The van der Waals surface area contributed by atoms with Crippen LogP contribution in [0.4, 0.5) is 0 Å². The van der Waals surface area contributed by atoms with Crippen LogP contribution in [0.15, 0.2) is 0 Å². The van der Waals surface area contributed by atoms with Crippen molar-refractivity contribution in [3.05, 3.63) is 0 Å². The Labute approximate surface area is 107 Å². The smallest absolute Gasteiger partial charge is 0.150 e. The molecule has 1 atom stereocenters. The van der Waals surface area contributed by atoms with Crippen LogP contribution in [0, 0.1) is 5.41 Å². The molecule has 0 aliphatic rings. The summed E-state index contributed by atoms with van der Waals surface area (Å²) >= 11 is 0. The maximum Gasteiger partial charge on any atom is 0.150 e. The number of sulfone groups is 1. The van der Waals surface area contributed by atoms with E-state index in [0.29, 0.717) is 5.75 Å². The van der Waals surface area contributed by atoms with Crippen molar-refractivity contribution in [3.63, 3.8) is 0 Å². The minimum atomic E-state index is -2.80. The zero-order chi connectivity index (χ0) is 13.4. The highest BCUT2D eigenvalue weighted by atomic mass is 32.2. The van der Waals surface area contributed by atoms with Gasteiger partial charge in [0.15, 0.2) is 0 Å². The van der Waals surface area contributed by atoms with Gasteiger partial charge in [0.05, 0.1) is 5.75 Å². The van der Waals surface area contributed by atoms with Crippen molar-refractivity contribution >= 4 is 9.84 Å². The van der Waals surface area contributed by atoms with Crippen LogP contribution < -0.4 is 5.32 Å². The summed E-state index contributed by atoms with van der Waals surface area (Å²) in [4.78, 5) is 0. The van der Waals surface area contributed by atoms with Gasteiger partial charge in [-0.25, -0.2) is 8.42 Å². The van der Waals surface area contributed by atoms with Crippen molar-refractivity contribution in [2.24, 2.45) is 5.41 Å². The Bertz CT molecular complexity index is 288. The van der Waals surface area contributed by atoms with Crippen molar-refractivity contribution in [2.45, 2.75) is 53.4 Å². The molecule has 0 aliphatic heterocycles. The molecule has 3 nitrogen and oxygen atoms in total. The molecule has 0 amide bonds. The fourth-order valence-corrected chi connectivity index (χ4v) is 3.07. The molecule has 0 aromatic heterocycles. The molecule has 0 aromatic rings. The molecule has 4 heteroatoms. The van der Waals surface area contributed by atoms with Gasteiger partial charge < -0.3 is 5.32 Å². The van der Waals surface area contributed by atoms with Gasteiger partial charge in [-0.3, -0.25) is 0 Å². The number of hydrogen-bond donors (Lipinski definition) is 1. The molecular formula is C13H29NO2S. The molecule has 0 aliphatic carbocycles. The second kappa shape index (κ2) is 8.09. The van der Waals surface area contributed by atoms with E-state index in [1.807, 2.05) is 0 Å². The standard InChI is InChI=1S/C13H29NO2S/c1-5-9-13(4,12-14-6-2)10-8-11-17(15,16)7-3/h14H,5-12H2,1-4H3. The van der Waals surface area contributed by atoms with E-state index in [1.54, 1.807) is 6.92 Å². The summed E-state index contributed by atoms with van der Waals surface area (Å²) in [6.45, 7) is 10.2. The molecule has 1 N–H and O–H groups in total. The molecule has 0 rings (SSSR count). The van der Waals surface area contributed by atoms with Gasteiger partial charge in [-0.05, 0) is 31.2 Å². The minimum absolute atomic E-state index is 0.244. The van der Waals surface area contributed by atoms with E-state index in [0.717, 1.165) is 38.8 Å². The molecule has 0 heterocycles. The lowest BCUT2D eigenvalue weighted by molar-refractivity contribution is 0.255. The topological polar surface area (TPSA) is 46.2 Å². The number of hydrogen-bond acceptors (Lipinski definition) is 3. The van der Waals surface area contributed by atoms with E-state index in [-0.39, 0.29) is 11.2 Å². The summed E-state index contributed by atoms with van der Waals surface area (Å²) in [5.74, 6) is 0.611. The first-order valence-corrected chi connectivity index (χ1v) is 8.62. The fraction of sp³-hybridized carbons (Fsp3) is 1.00. The first kappa shape index (κ1) is 16.9. The summed E-state index contributed by atoms with van der Waals surface area (Å²) < 4.78 is 22.9. The molecule has 0 aromatic carbocycles. The van der Waals surface area contributed by atoms with Crippen LogP contribution in [-0.4, -0.2) is 33.0 Å². The Hall–Kier alpha value is -0.0900. The average Bonchev–Trinajstić information content (AvgIpc) is 2.27. The zero-order valence-electron chi connectivity index (χ0n) is 11.9. The van der Waals surface area contributed by atoms with Gasteiger partial charge in [0.1, 0.15) is 9.84 Å². The summed E-state index contributed by atoms with van der Waals surface area (Å²) in [6.07, 6.45) is 4.10. The van der Waals surface area contributed by atoms with Crippen LogP contribution in [0.5, 0.6) is 0 Å². The fourth-order valence-electron chi connectivity index (χ4n) is 2.20. The van der Waals surface area contributed by atoms with Crippen LogP contribution in [0.25, 0.3) is 0 Å². The molecule has 0 bridgehead atoms. The van der Waals surface area contributed by atoms with Crippen molar-refractivity contribution in [1.29, 1.82) is 0 Å². The first-order valence-electron chi connectivity index (χ1n) is 6.80. The number of nitrogens with one attached hydrogen (secondary N) is 1. The summed E-state index contributed by atoms with van der Waals surface area (Å²) in [7, 11) is -2.80. The van der Waals surface area contributed by atoms with Crippen LogP contribution in [0.1, 0.15) is 53.4 Å². The Kier molecular flexibility index (Phi) is 8.05. The highest BCUT2D eigenvalue weighted by Gasteiger charge is 2.23. The second-order valence-corrected chi connectivity index (χ2v) is 7.65. The van der Waals surface area contributed by atoms with E-state index in [2.05, 4.69) is 26.1 Å². The lowest BCUT2D eigenvalue weighted by Gasteiger charge is -2.29.